The van der Waals surface area contributed by atoms with Crippen LogP contribution < -0.4 is 4.74 Å². The maximum atomic E-state index is 12.4. The molecule has 1 aromatic heterocycles. The van der Waals surface area contributed by atoms with E-state index in [1.807, 2.05) is 10.9 Å². The minimum atomic E-state index is -2.80. The van der Waals surface area contributed by atoms with Gasteiger partial charge >= 0.3 is 6.61 Å². The third-order valence-electron chi connectivity index (χ3n) is 5.21. The highest BCUT2D eigenvalue weighted by atomic mass is 19.3. The number of fused-ring (bicyclic) bond motifs is 3. The van der Waals surface area contributed by atoms with Gasteiger partial charge in [0.25, 0.3) is 0 Å². The number of nitrogens with zero attached hydrogens (tertiary/aromatic N) is 3. The number of halogens is 2. The first-order valence-corrected chi connectivity index (χ1v) is 7.76. The predicted octanol–water partition coefficient (Wildman–Crippen LogP) is 3.44. The van der Waals surface area contributed by atoms with Gasteiger partial charge in [-0.15, -0.1) is 0 Å². The Kier molecular flexibility index (Phi) is 3.29. The Balaban J connectivity index is 1.67. The first kappa shape index (κ1) is 13.9. The topological polar surface area (TPSA) is 30.3 Å². The molecule has 118 valence electrons. The van der Waals surface area contributed by atoms with Crippen molar-refractivity contribution in [1.29, 1.82) is 0 Å². The monoisotopic (exact) mass is 307 g/mol. The van der Waals surface area contributed by atoms with E-state index in [0.717, 1.165) is 23.7 Å². The fraction of sp³-hybridized carbons (Fsp3) is 0.562. The van der Waals surface area contributed by atoms with E-state index in [1.54, 1.807) is 18.2 Å². The lowest BCUT2D eigenvalue weighted by Gasteiger charge is -2.36. The average Bonchev–Trinajstić information content (AvgIpc) is 2.95. The highest BCUT2D eigenvalue weighted by Crippen LogP contribution is 2.40. The van der Waals surface area contributed by atoms with Crippen LogP contribution in [-0.2, 0) is 0 Å². The van der Waals surface area contributed by atoms with Crippen LogP contribution in [0.3, 0.4) is 0 Å². The lowest BCUT2D eigenvalue weighted by molar-refractivity contribution is -0.0497. The SMILES string of the molecule is CN1C2CCC1CC(n1ncc3ccc(OC(F)F)cc31)C2. The lowest BCUT2D eigenvalue weighted by Crippen LogP contribution is -2.40. The average molecular weight is 307 g/mol. The van der Waals surface area contributed by atoms with Gasteiger partial charge in [0.1, 0.15) is 5.75 Å². The van der Waals surface area contributed by atoms with E-state index in [0.29, 0.717) is 18.1 Å². The summed E-state index contributed by atoms with van der Waals surface area (Å²) in [5.74, 6) is 0.195. The van der Waals surface area contributed by atoms with Crippen molar-refractivity contribution in [2.24, 2.45) is 0 Å². The molecule has 0 aliphatic carbocycles. The maximum Gasteiger partial charge on any atom is 0.387 e. The molecule has 0 amide bonds. The molecule has 0 saturated carbocycles. The molecule has 2 bridgehead atoms. The van der Waals surface area contributed by atoms with Gasteiger partial charge in [-0.2, -0.15) is 13.9 Å². The highest BCUT2D eigenvalue weighted by molar-refractivity contribution is 5.80. The van der Waals surface area contributed by atoms with Gasteiger partial charge in [0, 0.05) is 23.5 Å². The maximum absolute atomic E-state index is 12.4. The molecule has 22 heavy (non-hydrogen) atoms. The van der Waals surface area contributed by atoms with Gasteiger partial charge in [-0.05, 0) is 44.9 Å². The molecule has 3 heterocycles. The fourth-order valence-electron chi connectivity index (χ4n) is 4.07. The van der Waals surface area contributed by atoms with Crippen molar-refractivity contribution in [2.75, 3.05) is 7.05 Å². The largest absolute Gasteiger partial charge is 0.435 e. The van der Waals surface area contributed by atoms with Crippen LogP contribution >= 0.6 is 0 Å². The highest BCUT2D eigenvalue weighted by Gasteiger charge is 2.39. The molecule has 6 heteroatoms. The minimum absolute atomic E-state index is 0.195. The summed E-state index contributed by atoms with van der Waals surface area (Å²) in [5, 5.41) is 5.48. The zero-order chi connectivity index (χ0) is 15.3. The molecule has 0 radical (unpaired) electrons. The Bertz CT molecular complexity index is 673. The van der Waals surface area contributed by atoms with Crippen LogP contribution in [0.5, 0.6) is 5.75 Å². The van der Waals surface area contributed by atoms with Crippen molar-refractivity contribution in [2.45, 2.75) is 50.4 Å². The Labute approximate surface area is 127 Å². The normalized spacial score (nSPS) is 28.6. The number of piperidine rings is 1. The second kappa shape index (κ2) is 5.19. The summed E-state index contributed by atoms with van der Waals surface area (Å²) in [6.07, 6.45) is 6.45. The first-order chi connectivity index (χ1) is 10.6. The van der Waals surface area contributed by atoms with Gasteiger partial charge in [0.2, 0.25) is 0 Å². The molecular formula is C16H19F2N3O. The number of rotatable bonds is 3. The molecule has 2 aliphatic rings. The van der Waals surface area contributed by atoms with Crippen molar-refractivity contribution in [1.82, 2.24) is 14.7 Å². The van der Waals surface area contributed by atoms with Gasteiger partial charge in [0.15, 0.2) is 0 Å². The van der Waals surface area contributed by atoms with E-state index in [2.05, 4.69) is 21.8 Å². The van der Waals surface area contributed by atoms with Crippen LogP contribution in [0, 0.1) is 0 Å². The first-order valence-electron chi connectivity index (χ1n) is 7.76. The van der Waals surface area contributed by atoms with Crippen LogP contribution in [0.4, 0.5) is 8.78 Å². The van der Waals surface area contributed by atoms with Crippen molar-refractivity contribution in [3.8, 4) is 5.75 Å². The summed E-state index contributed by atoms with van der Waals surface area (Å²) in [7, 11) is 2.20. The summed E-state index contributed by atoms with van der Waals surface area (Å²) >= 11 is 0. The lowest BCUT2D eigenvalue weighted by atomic mass is 9.98. The Hall–Kier alpha value is -1.69. The molecule has 2 aliphatic heterocycles. The molecule has 0 spiro atoms. The number of hydrogen-bond donors (Lipinski definition) is 0. The molecular weight excluding hydrogens is 288 g/mol. The molecule has 1 aromatic carbocycles. The predicted molar refractivity (Wildman–Crippen MR) is 79.2 cm³/mol. The van der Waals surface area contributed by atoms with E-state index in [9.17, 15) is 8.78 Å². The van der Waals surface area contributed by atoms with E-state index in [-0.39, 0.29) is 5.75 Å². The molecule has 2 saturated heterocycles. The van der Waals surface area contributed by atoms with E-state index in [4.69, 9.17) is 0 Å². The Morgan fingerprint density at radius 3 is 2.59 bits per heavy atom. The number of aromatic nitrogens is 2. The Morgan fingerprint density at radius 2 is 1.91 bits per heavy atom. The van der Waals surface area contributed by atoms with Gasteiger partial charge in [-0.25, -0.2) is 0 Å². The summed E-state index contributed by atoms with van der Waals surface area (Å²) in [6.45, 7) is -2.80. The van der Waals surface area contributed by atoms with Crippen molar-refractivity contribution >= 4 is 10.9 Å². The summed E-state index contributed by atoms with van der Waals surface area (Å²) in [4.78, 5) is 2.48. The smallest absolute Gasteiger partial charge is 0.387 e. The van der Waals surface area contributed by atoms with Crippen molar-refractivity contribution in [3.05, 3.63) is 24.4 Å². The Morgan fingerprint density at radius 1 is 1.18 bits per heavy atom. The zero-order valence-electron chi connectivity index (χ0n) is 12.5. The summed E-state index contributed by atoms with van der Waals surface area (Å²) < 4.78 is 31.3. The second-order valence-electron chi connectivity index (χ2n) is 6.36. The third-order valence-corrected chi connectivity index (χ3v) is 5.21. The number of alkyl halides is 2. The van der Waals surface area contributed by atoms with Crippen LogP contribution in [0.15, 0.2) is 24.4 Å². The van der Waals surface area contributed by atoms with Gasteiger partial charge in [-0.3, -0.25) is 4.68 Å². The molecule has 0 N–H and O–H groups in total. The molecule has 2 aromatic rings. The summed E-state index contributed by atoms with van der Waals surface area (Å²) in [5.41, 5.74) is 0.882. The molecule has 2 atom stereocenters. The van der Waals surface area contributed by atoms with Gasteiger partial charge in [-0.1, -0.05) is 0 Å². The fourth-order valence-corrected chi connectivity index (χ4v) is 4.07. The minimum Gasteiger partial charge on any atom is -0.435 e. The standard InChI is InChI=1S/C16H19F2N3O/c1-20-11-3-4-12(20)7-13(6-11)21-15-8-14(22-16(17)18)5-2-10(15)9-19-21/h2,5,8-9,11-13,16H,3-4,6-7H2,1H3. The van der Waals surface area contributed by atoms with Gasteiger partial charge < -0.3 is 9.64 Å². The quantitative estimate of drug-likeness (QED) is 0.870. The van der Waals surface area contributed by atoms with E-state index < -0.39 is 6.61 Å². The van der Waals surface area contributed by atoms with E-state index in [1.165, 1.54) is 12.8 Å². The summed E-state index contributed by atoms with van der Waals surface area (Å²) in [6, 6.07) is 6.60. The van der Waals surface area contributed by atoms with Crippen LogP contribution in [0.1, 0.15) is 31.7 Å². The van der Waals surface area contributed by atoms with Crippen LogP contribution in [0.2, 0.25) is 0 Å². The van der Waals surface area contributed by atoms with Crippen LogP contribution in [-0.4, -0.2) is 40.4 Å². The zero-order valence-corrected chi connectivity index (χ0v) is 12.5. The molecule has 4 nitrogen and oxygen atoms in total. The van der Waals surface area contributed by atoms with Gasteiger partial charge in [0.05, 0.1) is 17.8 Å². The number of benzene rings is 1. The molecule has 2 fully saturated rings. The number of hydrogen-bond acceptors (Lipinski definition) is 3. The molecule has 2 unspecified atom stereocenters. The van der Waals surface area contributed by atoms with Crippen LogP contribution in [0.25, 0.3) is 10.9 Å². The van der Waals surface area contributed by atoms with E-state index >= 15 is 0 Å². The van der Waals surface area contributed by atoms with Crippen molar-refractivity contribution in [3.63, 3.8) is 0 Å². The third kappa shape index (κ3) is 2.26. The second-order valence-corrected chi connectivity index (χ2v) is 6.36. The number of ether oxygens (including phenoxy) is 1. The van der Waals surface area contributed by atoms with Crippen molar-refractivity contribution < 1.29 is 13.5 Å². The molecule has 4 rings (SSSR count).